The van der Waals surface area contributed by atoms with Crippen LogP contribution in [-0.4, -0.2) is 23.3 Å². The first-order valence-electron chi connectivity index (χ1n) is 5.21. The van der Waals surface area contributed by atoms with Crippen molar-refractivity contribution in [3.63, 3.8) is 0 Å². The number of benzene rings is 1. The lowest BCUT2D eigenvalue weighted by atomic mass is 10.3. The number of rotatable bonds is 4. The van der Waals surface area contributed by atoms with Crippen LogP contribution >= 0.6 is 23.5 Å². The fourth-order valence-corrected chi connectivity index (χ4v) is 2.67. The van der Waals surface area contributed by atoms with Crippen LogP contribution in [0.1, 0.15) is 0 Å². The molecule has 94 valence electrons. The molecule has 2 rings (SSSR count). The van der Waals surface area contributed by atoms with Crippen LogP contribution in [0.2, 0.25) is 0 Å². The van der Waals surface area contributed by atoms with Gasteiger partial charge in [-0.25, -0.2) is 9.97 Å². The van der Waals surface area contributed by atoms with Crippen LogP contribution in [0.15, 0.2) is 45.4 Å². The monoisotopic (exact) mass is 279 g/mol. The van der Waals surface area contributed by atoms with Crippen molar-refractivity contribution in [2.75, 3.05) is 19.1 Å². The van der Waals surface area contributed by atoms with E-state index in [0.29, 0.717) is 11.0 Å². The molecule has 0 aliphatic rings. The molecular formula is C12H13N3OS2. The van der Waals surface area contributed by atoms with E-state index >= 15 is 0 Å². The lowest BCUT2D eigenvalue weighted by molar-refractivity contribution is 0.413. The molecule has 0 radical (unpaired) electrons. The molecule has 0 saturated carbocycles. The van der Waals surface area contributed by atoms with Crippen LogP contribution < -0.4 is 10.5 Å². The predicted octanol–water partition coefficient (Wildman–Crippen LogP) is 2.94. The number of hydrogen-bond acceptors (Lipinski definition) is 6. The van der Waals surface area contributed by atoms with E-state index in [-0.39, 0.29) is 0 Å². The van der Waals surface area contributed by atoms with Gasteiger partial charge in [-0.05, 0) is 24.5 Å². The molecule has 0 unspecified atom stereocenters. The summed E-state index contributed by atoms with van der Waals surface area (Å²) in [4.78, 5) is 9.57. The third kappa shape index (κ3) is 3.30. The minimum atomic E-state index is 0.486. The molecule has 2 aromatic rings. The smallest absolute Gasteiger partial charge is 0.190 e. The highest BCUT2D eigenvalue weighted by Gasteiger charge is 2.04. The lowest BCUT2D eigenvalue weighted by Gasteiger charge is -2.05. The normalized spacial score (nSPS) is 10.3. The molecule has 6 heteroatoms. The number of anilines is 1. The van der Waals surface area contributed by atoms with Crippen LogP contribution in [0.3, 0.4) is 0 Å². The molecule has 0 aliphatic carbocycles. The Bertz CT molecular complexity index is 549. The van der Waals surface area contributed by atoms with E-state index in [1.54, 1.807) is 13.2 Å². The molecule has 18 heavy (non-hydrogen) atoms. The van der Waals surface area contributed by atoms with Crippen LogP contribution in [0, 0.1) is 0 Å². The molecule has 1 aromatic carbocycles. The largest absolute Gasteiger partial charge is 0.497 e. The molecule has 0 aliphatic heterocycles. The number of hydrogen-bond donors (Lipinski definition) is 1. The molecule has 0 fully saturated rings. The van der Waals surface area contributed by atoms with Gasteiger partial charge in [0.1, 0.15) is 16.6 Å². The van der Waals surface area contributed by atoms with E-state index in [9.17, 15) is 0 Å². The maximum absolute atomic E-state index is 5.74. The average Bonchev–Trinajstić information content (AvgIpc) is 2.38. The highest BCUT2D eigenvalue weighted by atomic mass is 32.2. The van der Waals surface area contributed by atoms with Crippen molar-refractivity contribution in [2.24, 2.45) is 0 Å². The summed E-state index contributed by atoms with van der Waals surface area (Å²) in [5.41, 5.74) is 5.74. The molecular weight excluding hydrogens is 266 g/mol. The summed E-state index contributed by atoms with van der Waals surface area (Å²) < 4.78 is 5.19. The highest BCUT2D eigenvalue weighted by molar-refractivity contribution is 7.99. The minimum absolute atomic E-state index is 0.486. The average molecular weight is 279 g/mol. The Kier molecular flexibility index (Phi) is 4.33. The highest BCUT2D eigenvalue weighted by Crippen LogP contribution is 2.30. The topological polar surface area (TPSA) is 61.0 Å². The van der Waals surface area contributed by atoms with Crippen LogP contribution in [0.5, 0.6) is 5.75 Å². The summed E-state index contributed by atoms with van der Waals surface area (Å²) in [5.74, 6) is 1.31. The zero-order valence-electron chi connectivity index (χ0n) is 10.1. The van der Waals surface area contributed by atoms with Gasteiger partial charge in [0.2, 0.25) is 0 Å². The van der Waals surface area contributed by atoms with E-state index in [0.717, 1.165) is 15.7 Å². The third-order valence-corrected chi connectivity index (χ3v) is 3.60. The van der Waals surface area contributed by atoms with E-state index in [4.69, 9.17) is 10.5 Å². The van der Waals surface area contributed by atoms with Gasteiger partial charge in [0, 0.05) is 11.0 Å². The first kappa shape index (κ1) is 13.0. The van der Waals surface area contributed by atoms with Crippen molar-refractivity contribution in [2.45, 2.75) is 15.1 Å². The second-order valence-corrected chi connectivity index (χ2v) is 5.27. The lowest BCUT2D eigenvalue weighted by Crippen LogP contribution is -1.95. The molecule has 1 heterocycles. The van der Waals surface area contributed by atoms with Gasteiger partial charge in [0.25, 0.3) is 0 Å². The first-order valence-corrected chi connectivity index (χ1v) is 7.26. The van der Waals surface area contributed by atoms with Gasteiger partial charge in [-0.2, -0.15) is 0 Å². The fraction of sp³-hybridized carbons (Fsp3) is 0.167. The van der Waals surface area contributed by atoms with E-state index in [2.05, 4.69) is 9.97 Å². The van der Waals surface area contributed by atoms with E-state index < -0.39 is 0 Å². The van der Waals surface area contributed by atoms with Gasteiger partial charge < -0.3 is 10.5 Å². The maximum atomic E-state index is 5.74. The SMILES string of the molecule is COc1cccc(Sc2cc(N)nc(SC)n2)c1. The van der Waals surface area contributed by atoms with Crippen molar-refractivity contribution in [1.82, 2.24) is 9.97 Å². The Morgan fingerprint density at radius 2 is 2.06 bits per heavy atom. The minimum Gasteiger partial charge on any atom is -0.497 e. The Morgan fingerprint density at radius 3 is 2.78 bits per heavy atom. The molecule has 0 atom stereocenters. The predicted molar refractivity (Wildman–Crippen MR) is 75.3 cm³/mol. The second-order valence-electron chi connectivity index (χ2n) is 3.40. The summed E-state index contributed by atoms with van der Waals surface area (Å²) in [5, 5.41) is 1.51. The zero-order valence-corrected chi connectivity index (χ0v) is 11.7. The molecule has 2 N–H and O–H groups in total. The van der Waals surface area contributed by atoms with Gasteiger partial charge in [-0.1, -0.05) is 29.6 Å². The molecule has 0 spiro atoms. The summed E-state index contributed by atoms with van der Waals surface area (Å²) in [7, 11) is 1.65. The summed E-state index contributed by atoms with van der Waals surface area (Å²) >= 11 is 3.01. The van der Waals surface area contributed by atoms with Crippen molar-refractivity contribution >= 4 is 29.3 Å². The first-order chi connectivity index (χ1) is 8.71. The maximum Gasteiger partial charge on any atom is 0.190 e. The quantitative estimate of drug-likeness (QED) is 0.527. The fourth-order valence-electron chi connectivity index (χ4n) is 1.35. The Hall–Kier alpha value is -1.40. The molecule has 4 nitrogen and oxygen atoms in total. The number of ether oxygens (including phenoxy) is 1. The van der Waals surface area contributed by atoms with Gasteiger partial charge >= 0.3 is 0 Å². The molecule has 0 bridgehead atoms. The van der Waals surface area contributed by atoms with E-state index in [1.165, 1.54) is 23.5 Å². The van der Waals surface area contributed by atoms with E-state index in [1.807, 2.05) is 30.5 Å². The van der Waals surface area contributed by atoms with Gasteiger partial charge in [0.05, 0.1) is 7.11 Å². The number of nitrogens with zero attached hydrogens (tertiary/aromatic N) is 2. The van der Waals surface area contributed by atoms with Crippen molar-refractivity contribution < 1.29 is 4.74 Å². The Labute approximate surface area is 114 Å². The van der Waals surface area contributed by atoms with Gasteiger partial charge in [0.15, 0.2) is 5.16 Å². The summed E-state index contributed by atoms with van der Waals surface area (Å²) in [6.45, 7) is 0. The van der Waals surface area contributed by atoms with Crippen molar-refractivity contribution in [1.29, 1.82) is 0 Å². The van der Waals surface area contributed by atoms with Crippen LogP contribution in [0.4, 0.5) is 5.82 Å². The third-order valence-electron chi connectivity index (χ3n) is 2.15. The molecule has 1 aromatic heterocycles. The second kappa shape index (κ2) is 5.97. The number of aromatic nitrogens is 2. The standard InChI is InChI=1S/C12H13N3OS2/c1-16-8-4-3-5-9(6-8)18-11-7-10(13)14-12(15-11)17-2/h3-7H,1-2H3,(H2,13,14,15). The number of nitrogen functional groups attached to an aromatic ring is 1. The van der Waals surface area contributed by atoms with Gasteiger partial charge in [-0.3, -0.25) is 0 Å². The molecule has 0 amide bonds. The summed E-state index contributed by atoms with van der Waals surface area (Å²) in [6, 6.07) is 9.59. The Balaban J connectivity index is 2.24. The van der Waals surface area contributed by atoms with Crippen molar-refractivity contribution in [3.8, 4) is 5.75 Å². The van der Waals surface area contributed by atoms with Crippen LogP contribution in [-0.2, 0) is 0 Å². The Morgan fingerprint density at radius 1 is 1.22 bits per heavy atom. The number of thioether (sulfide) groups is 1. The van der Waals surface area contributed by atoms with Crippen molar-refractivity contribution in [3.05, 3.63) is 30.3 Å². The number of nitrogens with two attached hydrogens (primary N) is 1. The molecule has 0 saturated heterocycles. The number of methoxy groups -OCH3 is 1. The summed E-state index contributed by atoms with van der Waals surface area (Å²) in [6.07, 6.45) is 1.93. The van der Waals surface area contributed by atoms with Crippen LogP contribution in [0.25, 0.3) is 0 Å². The zero-order chi connectivity index (χ0) is 13.0. The van der Waals surface area contributed by atoms with Gasteiger partial charge in [-0.15, -0.1) is 0 Å².